The molecule has 0 aliphatic heterocycles. The second-order valence-corrected chi connectivity index (χ2v) is 11.5. The van der Waals surface area contributed by atoms with E-state index in [9.17, 15) is 27.6 Å². The van der Waals surface area contributed by atoms with E-state index < -0.39 is 40.9 Å². The van der Waals surface area contributed by atoms with Crippen molar-refractivity contribution in [1.82, 2.24) is 15.1 Å². The van der Waals surface area contributed by atoms with Crippen LogP contribution in [0.2, 0.25) is 0 Å². The molecule has 1 heterocycles. The Morgan fingerprint density at radius 2 is 1.87 bits per heavy atom. The minimum Gasteiger partial charge on any atom is -0.453 e. The van der Waals surface area contributed by atoms with Gasteiger partial charge in [0.05, 0.1) is 31.0 Å². The maximum Gasteiger partial charge on any atom is 0.434 e. The molecule has 9 nitrogen and oxygen atoms in total. The molecule has 4 bridgehead atoms. The van der Waals surface area contributed by atoms with Crippen LogP contribution in [0.3, 0.4) is 0 Å². The summed E-state index contributed by atoms with van der Waals surface area (Å²) in [4.78, 5) is 36.2. The number of carbonyl (C=O) groups is 3. The molecule has 2 atom stereocenters. The highest BCUT2D eigenvalue weighted by Gasteiger charge is 2.57. The van der Waals surface area contributed by atoms with Gasteiger partial charge in [0.2, 0.25) is 0 Å². The Kier molecular flexibility index (Phi) is 7.13. The zero-order chi connectivity index (χ0) is 28.0. The van der Waals surface area contributed by atoms with Crippen molar-refractivity contribution in [2.75, 3.05) is 13.7 Å². The third-order valence-electron chi connectivity index (χ3n) is 8.17. The van der Waals surface area contributed by atoms with Crippen LogP contribution in [-0.2, 0) is 15.7 Å². The lowest BCUT2D eigenvalue weighted by Gasteiger charge is -2.60. The fourth-order valence-electron chi connectivity index (χ4n) is 7.02. The Morgan fingerprint density at radius 3 is 2.42 bits per heavy atom. The number of rotatable bonds is 8. The van der Waals surface area contributed by atoms with Gasteiger partial charge in [0.25, 0.3) is 0 Å². The first-order valence-electron chi connectivity index (χ1n) is 12.5. The number of primary amides is 1. The van der Waals surface area contributed by atoms with Crippen molar-refractivity contribution in [2.24, 2.45) is 34.8 Å². The zero-order valence-electron chi connectivity index (χ0n) is 21.6. The molecular formula is C26H33F3N4O5. The number of allylic oxidation sites excluding steroid dienone is 1. The highest BCUT2D eigenvalue weighted by atomic mass is 19.4. The van der Waals surface area contributed by atoms with Crippen molar-refractivity contribution in [3.8, 4) is 0 Å². The molecule has 208 valence electrons. The number of halogens is 3. The lowest BCUT2D eigenvalue weighted by atomic mass is 9.45. The van der Waals surface area contributed by atoms with Gasteiger partial charge in [-0.05, 0) is 81.3 Å². The van der Waals surface area contributed by atoms with E-state index in [-0.39, 0.29) is 35.3 Å². The van der Waals surface area contributed by atoms with E-state index in [0.717, 1.165) is 31.7 Å². The van der Waals surface area contributed by atoms with Gasteiger partial charge < -0.3 is 20.5 Å². The second-order valence-electron chi connectivity index (χ2n) is 11.5. The van der Waals surface area contributed by atoms with E-state index in [1.165, 1.54) is 13.2 Å². The van der Waals surface area contributed by atoms with Gasteiger partial charge in [0.15, 0.2) is 11.5 Å². The highest BCUT2D eigenvalue weighted by Crippen LogP contribution is 2.63. The molecule has 3 N–H and O–H groups in total. The molecule has 4 fully saturated rings. The number of ketones is 1. The number of nitrogens with zero attached hydrogens (tertiary/aromatic N) is 2. The number of alkyl halides is 3. The minimum absolute atomic E-state index is 0.0728. The summed E-state index contributed by atoms with van der Waals surface area (Å²) in [6.07, 6.45) is 0.912. The molecule has 2 amide bonds. The molecule has 4 aliphatic carbocycles. The van der Waals surface area contributed by atoms with Crippen molar-refractivity contribution >= 4 is 24.2 Å². The molecule has 5 rings (SSSR count). The molecule has 0 saturated heterocycles. The number of aromatic nitrogens is 2. The van der Waals surface area contributed by atoms with Crippen LogP contribution in [0.1, 0.15) is 62.0 Å². The van der Waals surface area contributed by atoms with Crippen molar-refractivity contribution in [2.45, 2.75) is 57.7 Å². The first kappa shape index (κ1) is 27.7. The molecule has 0 spiro atoms. The molecule has 0 aromatic carbocycles. The SMILES string of the molecule is C=C(C(=O)c1cnn(/C=C/C(C)(C)NC(=O)OC)c1C(F)(F)F)C1C2CC3CC1CC(COC(N)=O)(C3)C2. The number of alkyl carbamates (subject to hydrolysis) is 1. The van der Waals surface area contributed by atoms with Gasteiger partial charge in [-0.3, -0.25) is 4.79 Å². The number of hydrogen-bond acceptors (Lipinski definition) is 6. The summed E-state index contributed by atoms with van der Waals surface area (Å²) in [6.45, 7) is 7.35. The van der Waals surface area contributed by atoms with Gasteiger partial charge in [-0.2, -0.15) is 18.3 Å². The van der Waals surface area contributed by atoms with Crippen molar-refractivity contribution in [3.63, 3.8) is 0 Å². The lowest BCUT2D eigenvalue weighted by Crippen LogP contribution is -2.53. The fraction of sp³-hybridized carbons (Fsp3) is 0.615. The summed E-state index contributed by atoms with van der Waals surface area (Å²) in [5, 5.41) is 6.31. The van der Waals surface area contributed by atoms with Crippen LogP contribution in [0.4, 0.5) is 22.8 Å². The van der Waals surface area contributed by atoms with E-state index in [1.54, 1.807) is 13.8 Å². The number of Topliss-reactive ketones (excluding diaryl/α,β-unsaturated/α-hetero) is 1. The molecule has 4 aliphatic rings. The van der Waals surface area contributed by atoms with Gasteiger partial charge >= 0.3 is 18.4 Å². The van der Waals surface area contributed by atoms with Gasteiger partial charge in [-0.15, -0.1) is 0 Å². The molecule has 4 saturated carbocycles. The molecule has 12 heteroatoms. The maximum atomic E-state index is 14.2. The Balaban J connectivity index is 1.57. The average molecular weight is 539 g/mol. The molecule has 1 aromatic heterocycles. The first-order chi connectivity index (χ1) is 17.6. The van der Waals surface area contributed by atoms with Crippen LogP contribution in [0.5, 0.6) is 0 Å². The fourth-order valence-corrected chi connectivity index (χ4v) is 7.02. The molecule has 2 unspecified atom stereocenters. The first-order valence-corrected chi connectivity index (χ1v) is 12.5. The normalized spacial score (nSPS) is 28.4. The standard InChI is InChI=1S/C26H33F3N4O5/c1-14(19-16-7-15-8-17(19)11-25(9-15,10-16)13-38-22(30)35)20(34)18-12-31-33(21(18)26(27,28)29)6-5-24(2,3)32-23(36)37-4/h5-6,12,15-17,19H,1,7-11,13H2,2-4H3,(H2,30,35)(H,32,36)/b6-5+. The Bertz CT molecular complexity index is 1160. The number of hydrogen-bond donors (Lipinski definition) is 2. The van der Waals surface area contributed by atoms with Crippen molar-refractivity contribution < 1.29 is 37.0 Å². The zero-order valence-corrected chi connectivity index (χ0v) is 21.6. The monoisotopic (exact) mass is 538 g/mol. The lowest BCUT2D eigenvalue weighted by molar-refractivity contribution is -0.142. The van der Waals surface area contributed by atoms with E-state index >= 15 is 0 Å². The average Bonchev–Trinajstić information content (AvgIpc) is 3.25. The quantitative estimate of drug-likeness (QED) is 0.362. The number of methoxy groups -OCH3 is 1. The predicted molar refractivity (Wildman–Crippen MR) is 131 cm³/mol. The van der Waals surface area contributed by atoms with Crippen LogP contribution in [-0.4, -0.2) is 47.0 Å². The minimum atomic E-state index is -4.87. The largest absolute Gasteiger partial charge is 0.453 e. The van der Waals surface area contributed by atoms with E-state index in [0.29, 0.717) is 23.4 Å². The van der Waals surface area contributed by atoms with Crippen LogP contribution < -0.4 is 11.1 Å². The number of ether oxygens (including phenoxy) is 2. The Morgan fingerprint density at radius 1 is 1.24 bits per heavy atom. The van der Waals surface area contributed by atoms with Crippen molar-refractivity contribution in [1.29, 1.82) is 0 Å². The summed E-state index contributed by atoms with van der Waals surface area (Å²) >= 11 is 0. The van der Waals surface area contributed by atoms with Gasteiger partial charge in [-0.1, -0.05) is 6.58 Å². The molecular weight excluding hydrogens is 505 g/mol. The van der Waals surface area contributed by atoms with Gasteiger partial charge in [0, 0.05) is 11.6 Å². The summed E-state index contributed by atoms with van der Waals surface area (Å²) < 4.78 is 52.8. The highest BCUT2D eigenvalue weighted by molar-refractivity contribution is 6.09. The smallest absolute Gasteiger partial charge is 0.434 e. The topological polar surface area (TPSA) is 126 Å². The second kappa shape index (κ2) is 9.77. The number of carbonyl (C=O) groups excluding carboxylic acids is 3. The number of amides is 2. The third kappa shape index (κ3) is 5.44. The summed E-state index contributed by atoms with van der Waals surface area (Å²) in [5.41, 5.74) is 2.31. The Hall–Kier alpha value is -3.31. The van der Waals surface area contributed by atoms with Crippen LogP contribution in [0, 0.1) is 29.1 Å². The van der Waals surface area contributed by atoms with E-state index in [2.05, 4.69) is 21.7 Å². The molecule has 0 radical (unpaired) electrons. The number of nitrogens with two attached hydrogens (primary N) is 1. The number of nitrogens with one attached hydrogen (secondary N) is 1. The molecule has 1 aromatic rings. The van der Waals surface area contributed by atoms with E-state index in [1.807, 2.05) is 0 Å². The van der Waals surface area contributed by atoms with Crippen molar-refractivity contribution in [3.05, 3.63) is 35.7 Å². The van der Waals surface area contributed by atoms with Gasteiger partial charge in [-0.25, -0.2) is 14.3 Å². The Labute approximate surface area is 218 Å². The van der Waals surface area contributed by atoms with Crippen LogP contribution in [0.15, 0.2) is 24.4 Å². The van der Waals surface area contributed by atoms with Gasteiger partial charge in [0.1, 0.15) is 0 Å². The van der Waals surface area contributed by atoms with Crippen LogP contribution in [0.25, 0.3) is 6.20 Å². The van der Waals surface area contributed by atoms with E-state index in [4.69, 9.17) is 10.5 Å². The summed E-state index contributed by atoms with van der Waals surface area (Å²) in [6, 6.07) is 0. The third-order valence-corrected chi connectivity index (χ3v) is 8.17. The van der Waals surface area contributed by atoms with Crippen LogP contribution >= 0.6 is 0 Å². The maximum absolute atomic E-state index is 14.2. The summed E-state index contributed by atoms with van der Waals surface area (Å²) in [5.74, 6) is -0.455. The predicted octanol–water partition coefficient (Wildman–Crippen LogP) is 4.78. The summed E-state index contributed by atoms with van der Waals surface area (Å²) in [7, 11) is 1.17. The molecule has 38 heavy (non-hydrogen) atoms.